The van der Waals surface area contributed by atoms with Crippen molar-refractivity contribution in [3.63, 3.8) is 0 Å². The molecule has 1 fully saturated rings. The molecule has 3 N–H and O–H groups in total. The van der Waals surface area contributed by atoms with E-state index < -0.39 is 61.6 Å². The molecule has 0 radical (unpaired) electrons. The molecule has 0 spiro atoms. The SMILES string of the molecule is CC(=O)OCC1=C(C(=O)OCC(Cl)(Cl)Cl)N2C(=O)C(N)(C(O)C(=O)OCC(Cl)(Cl)Cl)[C@H]2SC1. The second-order valence-electron chi connectivity index (χ2n) is 6.82. The van der Waals surface area contributed by atoms with Crippen LogP contribution in [0, 0.1) is 0 Å². The van der Waals surface area contributed by atoms with Crippen LogP contribution in [0.25, 0.3) is 0 Å². The van der Waals surface area contributed by atoms with E-state index in [1.54, 1.807) is 0 Å². The fraction of sp³-hybridized carbons (Fsp3) is 0.625. The van der Waals surface area contributed by atoms with Gasteiger partial charge in [0, 0.05) is 18.2 Å². The highest BCUT2D eigenvalue weighted by atomic mass is 35.6. The Morgan fingerprint density at radius 1 is 1.15 bits per heavy atom. The van der Waals surface area contributed by atoms with Gasteiger partial charge in [-0.2, -0.15) is 0 Å². The van der Waals surface area contributed by atoms with E-state index in [1.807, 2.05) is 0 Å². The molecule has 1 amide bonds. The van der Waals surface area contributed by atoms with Gasteiger partial charge in [-0.25, -0.2) is 9.59 Å². The normalized spacial score (nSPS) is 24.0. The predicted molar refractivity (Wildman–Crippen MR) is 122 cm³/mol. The van der Waals surface area contributed by atoms with Crippen molar-refractivity contribution < 1.29 is 38.5 Å². The summed E-state index contributed by atoms with van der Waals surface area (Å²) >= 11 is 34.3. The first-order valence-corrected chi connectivity index (χ1v) is 12.1. The Morgan fingerprint density at radius 2 is 1.70 bits per heavy atom. The number of fused-ring (bicyclic) bond motifs is 1. The van der Waals surface area contributed by atoms with Gasteiger partial charge in [-0.3, -0.25) is 14.5 Å². The summed E-state index contributed by atoms with van der Waals surface area (Å²) in [5.41, 5.74) is 3.78. The van der Waals surface area contributed by atoms with E-state index in [9.17, 15) is 24.3 Å². The molecule has 33 heavy (non-hydrogen) atoms. The monoisotopic (exact) mass is 606 g/mol. The number of carbonyl (C=O) groups excluding carboxylic acids is 4. The molecule has 0 aromatic heterocycles. The largest absolute Gasteiger partial charge is 0.461 e. The van der Waals surface area contributed by atoms with E-state index in [1.165, 1.54) is 0 Å². The van der Waals surface area contributed by atoms with Gasteiger partial charge in [0.2, 0.25) is 7.59 Å². The van der Waals surface area contributed by atoms with Gasteiger partial charge in [-0.05, 0) is 0 Å². The molecule has 2 aliphatic rings. The number of nitrogens with two attached hydrogens (primary N) is 1. The van der Waals surface area contributed by atoms with Gasteiger partial charge in [0.05, 0.1) is 0 Å². The van der Waals surface area contributed by atoms with E-state index in [-0.39, 0.29) is 23.6 Å². The molecule has 186 valence electrons. The van der Waals surface area contributed by atoms with Gasteiger partial charge in [-0.15, -0.1) is 11.8 Å². The summed E-state index contributed by atoms with van der Waals surface area (Å²) in [5, 5.41) is 9.34. The van der Waals surface area contributed by atoms with Gasteiger partial charge in [0.15, 0.2) is 11.6 Å². The number of hydrogen-bond acceptors (Lipinski definition) is 10. The van der Waals surface area contributed by atoms with Crippen molar-refractivity contribution in [3.8, 4) is 0 Å². The van der Waals surface area contributed by atoms with Gasteiger partial charge < -0.3 is 25.1 Å². The molecule has 2 heterocycles. The zero-order chi connectivity index (χ0) is 25.4. The summed E-state index contributed by atoms with van der Waals surface area (Å²) in [5.74, 6) is -4.02. The number of aliphatic hydroxyl groups is 1. The zero-order valence-electron chi connectivity index (χ0n) is 16.5. The van der Waals surface area contributed by atoms with Crippen LogP contribution >= 0.6 is 81.4 Å². The minimum atomic E-state index is -2.18. The molecule has 0 aliphatic carbocycles. The lowest BCUT2D eigenvalue weighted by Gasteiger charge is -2.56. The number of halogens is 6. The fourth-order valence-electron chi connectivity index (χ4n) is 2.85. The number of aliphatic hydroxyl groups excluding tert-OH is 1. The van der Waals surface area contributed by atoms with Crippen molar-refractivity contribution in [1.29, 1.82) is 0 Å². The van der Waals surface area contributed by atoms with Crippen molar-refractivity contribution in [3.05, 3.63) is 11.3 Å². The number of thioether (sulfide) groups is 1. The lowest BCUT2D eigenvalue weighted by molar-refractivity contribution is -0.175. The average Bonchev–Trinajstić information content (AvgIpc) is 2.70. The molecule has 0 aromatic carbocycles. The van der Waals surface area contributed by atoms with E-state index >= 15 is 0 Å². The Morgan fingerprint density at radius 3 is 2.21 bits per heavy atom. The summed E-state index contributed by atoms with van der Waals surface area (Å²) < 4.78 is 10.7. The Hall–Kier alpha value is -0.370. The molecule has 1 saturated heterocycles. The van der Waals surface area contributed by atoms with Crippen molar-refractivity contribution in [2.75, 3.05) is 25.6 Å². The summed E-state index contributed by atoms with van der Waals surface area (Å²) in [7, 11) is 0. The molecular weight excluding hydrogens is 593 g/mol. The topological polar surface area (TPSA) is 145 Å². The lowest BCUT2D eigenvalue weighted by Crippen LogP contribution is -2.83. The van der Waals surface area contributed by atoms with E-state index in [2.05, 4.69) is 0 Å². The molecule has 3 atom stereocenters. The standard InChI is InChI=1S/C16H16Cl6N2O8S/c1-6(25)30-2-7-3-33-13-16(23,9(26)11(28)32-5-15(20,21)22)12(29)24(13)8(7)10(27)31-4-14(17,18)19/h9,13,26H,2-5,23H2,1H3/t9?,13-,16?/m1/s1. The van der Waals surface area contributed by atoms with Crippen molar-refractivity contribution >= 4 is 105 Å². The van der Waals surface area contributed by atoms with Gasteiger partial charge in [-0.1, -0.05) is 69.6 Å². The molecule has 10 nitrogen and oxygen atoms in total. The second kappa shape index (κ2) is 10.7. The number of amides is 1. The van der Waals surface area contributed by atoms with E-state index in [0.29, 0.717) is 0 Å². The molecule has 2 rings (SSSR count). The van der Waals surface area contributed by atoms with Gasteiger partial charge in [0.1, 0.15) is 30.9 Å². The third kappa shape index (κ3) is 6.86. The second-order valence-corrected chi connectivity index (χ2v) is 12.9. The number of carbonyl (C=O) groups is 4. The molecule has 17 heteroatoms. The molecule has 0 saturated carbocycles. The summed E-state index contributed by atoms with van der Waals surface area (Å²) in [6.45, 7) is -0.553. The van der Waals surface area contributed by atoms with Crippen LogP contribution < -0.4 is 5.73 Å². The third-order valence-electron chi connectivity index (χ3n) is 4.29. The van der Waals surface area contributed by atoms with Crippen molar-refractivity contribution in [2.24, 2.45) is 5.73 Å². The van der Waals surface area contributed by atoms with Gasteiger partial charge >= 0.3 is 17.9 Å². The number of alkyl halides is 6. The minimum absolute atomic E-state index is 0.0226. The first kappa shape index (κ1) is 28.9. The van der Waals surface area contributed by atoms with Crippen LogP contribution in [0.5, 0.6) is 0 Å². The minimum Gasteiger partial charge on any atom is -0.461 e. The summed E-state index contributed by atoms with van der Waals surface area (Å²) in [4.78, 5) is 50.0. The summed E-state index contributed by atoms with van der Waals surface area (Å²) in [6, 6.07) is 0. The first-order valence-electron chi connectivity index (χ1n) is 8.74. The maximum atomic E-state index is 13.0. The smallest absolute Gasteiger partial charge is 0.355 e. The predicted octanol–water partition coefficient (Wildman–Crippen LogP) is 1.60. The van der Waals surface area contributed by atoms with Crippen LogP contribution in [0.4, 0.5) is 0 Å². The van der Waals surface area contributed by atoms with Crippen LogP contribution in [0.15, 0.2) is 11.3 Å². The quantitative estimate of drug-likeness (QED) is 0.189. The fourth-order valence-corrected chi connectivity index (χ4v) is 4.62. The number of β-lactam (4-membered cyclic amide) rings is 1. The van der Waals surface area contributed by atoms with Crippen LogP contribution in [0.1, 0.15) is 6.92 Å². The van der Waals surface area contributed by atoms with E-state index in [0.717, 1.165) is 23.6 Å². The highest BCUT2D eigenvalue weighted by Crippen LogP contribution is 2.47. The number of nitrogens with zero attached hydrogens (tertiary/aromatic N) is 1. The van der Waals surface area contributed by atoms with Crippen LogP contribution in [-0.4, -0.2) is 84.0 Å². The zero-order valence-corrected chi connectivity index (χ0v) is 21.8. The Bertz CT molecular complexity index is 876. The Labute approximate surface area is 221 Å². The van der Waals surface area contributed by atoms with Crippen molar-refractivity contribution in [1.82, 2.24) is 4.90 Å². The average molecular weight is 609 g/mol. The Balaban J connectivity index is 2.30. The number of hydrogen-bond donors (Lipinski definition) is 2. The molecule has 0 bridgehead atoms. The Kier molecular flexibility index (Phi) is 9.37. The van der Waals surface area contributed by atoms with Crippen molar-refractivity contribution in [2.45, 2.75) is 31.5 Å². The number of rotatable bonds is 7. The molecule has 0 aromatic rings. The van der Waals surface area contributed by atoms with Crippen LogP contribution in [0.2, 0.25) is 0 Å². The van der Waals surface area contributed by atoms with E-state index in [4.69, 9.17) is 89.5 Å². The summed E-state index contributed by atoms with van der Waals surface area (Å²) in [6.07, 6.45) is -2.15. The highest BCUT2D eigenvalue weighted by molar-refractivity contribution is 8.00. The van der Waals surface area contributed by atoms with Gasteiger partial charge in [0.25, 0.3) is 5.91 Å². The number of esters is 3. The molecule has 2 unspecified atom stereocenters. The maximum Gasteiger partial charge on any atom is 0.355 e. The van der Waals surface area contributed by atoms with Crippen LogP contribution in [0.3, 0.4) is 0 Å². The van der Waals surface area contributed by atoms with Crippen LogP contribution in [-0.2, 0) is 33.4 Å². The number of ether oxygens (including phenoxy) is 3. The molecular formula is C16H16Cl6N2O8S. The first-order chi connectivity index (χ1) is 15.0. The maximum absolute atomic E-state index is 13.0. The third-order valence-corrected chi connectivity index (χ3v) is 6.37. The molecule has 2 aliphatic heterocycles. The lowest BCUT2D eigenvalue weighted by atomic mass is 9.82. The highest BCUT2D eigenvalue weighted by Gasteiger charge is 2.68.